The van der Waals surface area contributed by atoms with Crippen molar-refractivity contribution in [1.29, 1.82) is 0 Å². The molecule has 2 fully saturated rings. The highest BCUT2D eigenvalue weighted by Crippen LogP contribution is 2.40. The number of nitrogens with one attached hydrogen (secondary N) is 2. The van der Waals surface area contributed by atoms with E-state index in [1.54, 1.807) is 30.2 Å². The van der Waals surface area contributed by atoms with Crippen molar-refractivity contribution in [3.8, 4) is 0 Å². The third-order valence-corrected chi connectivity index (χ3v) is 9.28. The number of carbonyl (C=O) groups is 2. The first-order valence-electron chi connectivity index (χ1n) is 14.2. The molecule has 0 unspecified atom stereocenters. The molecule has 0 spiro atoms. The number of benzene rings is 1. The zero-order valence-corrected chi connectivity index (χ0v) is 23.6. The predicted octanol–water partition coefficient (Wildman–Crippen LogP) is 4.35. The zero-order chi connectivity index (χ0) is 27.8. The number of para-hydroxylation sites is 1. The SMILES string of the molecule is CCC(=O)Nc1c(C2CCCC2)cccc1S(=O)(=O)N[C@@H](CCCc1ccc(N)cn1)C(=O)N1CCCCC1. The summed E-state index contributed by atoms with van der Waals surface area (Å²) in [5.41, 5.74) is 8.35. The highest BCUT2D eigenvalue weighted by Gasteiger charge is 2.32. The Balaban J connectivity index is 1.60. The molecule has 1 saturated heterocycles. The Hall–Kier alpha value is -2.98. The van der Waals surface area contributed by atoms with Gasteiger partial charge in [0.15, 0.2) is 0 Å². The molecule has 39 heavy (non-hydrogen) atoms. The minimum absolute atomic E-state index is 0.0188. The van der Waals surface area contributed by atoms with E-state index >= 15 is 0 Å². The van der Waals surface area contributed by atoms with Crippen molar-refractivity contribution < 1.29 is 18.0 Å². The summed E-state index contributed by atoms with van der Waals surface area (Å²) in [6, 6.07) is 7.89. The maximum absolute atomic E-state index is 13.9. The van der Waals surface area contributed by atoms with Crippen molar-refractivity contribution in [2.75, 3.05) is 24.1 Å². The number of nitrogens with two attached hydrogens (primary N) is 1. The van der Waals surface area contributed by atoms with E-state index in [4.69, 9.17) is 5.73 Å². The van der Waals surface area contributed by atoms with Crippen LogP contribution in [-0.4, -0.2) is 49.2 Å². The number of amides is 2. The maximum Gasteiger partial charge on any atom is 0.243 e. The van der Waals surface area contributed by atoms with Crippen molar-refractivity contribution in [3.63, 3.8) is 0 Å². The molecule has 1 aromatic heterocycles. The third-order valence-electron chi connectivity index (χ3n) is 7.77. The number of nitrogens with zero attached hydrogens (tertiary/aromatic N) is 2. The molecule has 212 valence electrons. The van der Waals surface area contributed by atoms with E-state index in [2.05, 4.69) is 15.0 Å². The van der Waals surface area contributed by atoms with Crippen molar-refractivity contribution in [3.05, 3.63) is 47.8 Å². The lowest BCUT2D eigenvalue weighted by Gasteiger charge is -2.31. The largest absolute Gasteiger partial charge is 0.397 e. The summed E-state index contributed by atoms with van der Waals surface area (Å²) in [7, 11) is -4.12. The molecule has 1 atom stereocenters. The minimum atomic E-state index is -4.12. The fraction of sp³-hybridized carbons (Fsp3) is 0.552. The Labute approximate surface area is 232 Å². The summed E-state index contributed by atoms with van der Waals surface area (Å²) < 4.78 is 30.5. The van der Waals surface area contributed by atoms with Gasteiger partial charge in [-0.1, -0.05) is 31.9 Å². The van der Waals surface area contributed by atoms with E-state index < -0.39 is 16.1 Å². The first-order valence-corrected chi connectivity index (χ1v) is 15.7. The van der Waals surface area contributed by atoms with E-state index in [9.17, 15) is 18.0 Å². The van der Waals surface area contributed by atoms with Crippen LogP contribution in [0.5, 0.6) is 0 Å². The maximum atomic E-state index is 13.9. The Bertz CT molecular complexity index is 1240. The van der Waals surface area contributed by atoms with Crippen LogP contribution in [0, 0.1) is 0 Å². The Morgan fingerprint density at radius 3 is 2.49 bits per heavy atom. The number of pyridine rings is 1. The molecule has 1 aromatic carbocycles. The quantitative estimate of drug-likeness (QED) is 0.377. The average molecular weight is 556 g/mol. The van der Waals surface area contributed by atoms with Crippen molar-refractivity contribution in [1.82, 2.24) is 14.6 Å². The molecule has 1 aliphatic heterocycles. The van der Waals surface area contributed by atoms with Gasteiger partial charge >= 0.3 is 0 Å². The summed E-state index contributed by atoms with van der Waals surface area (Å²) >= 11 is 0. The highest BCUT2D eigenvalue weighted by atomic mass is 32.2. The molecule has 2 heterocycles. The second-order valence-electron chi connectivity index (χ2n) is 10.6. The monoisotopic (exact) mass is 555 g/mol. The molecule has 0 bridgehead atoms. The number of aryl methyl sites for hydroxylation is 1. The number of anilines is 2. The summed E-state index contributed by atoms with van der Waals surface area (Å²) in [6.45, 7) is 3.00. The van der Waals surface area contributed by atoms with Gasteiger partial charge in [-0.05, 0) is 81.0 Å². The van der Waals surface area contributed by atoms with E-state index in [0.717, 1.165) is 56.2 Å². The van der Waals surface area contributed by atoms with Gasteiger partial charge < -0.3 is 16.0 Å². The van der Waals surface area contributed by atoms with E-state index in [0.29, 0.717) is 43.7 Å². The Kier molecular flexibility index (Phi) is 9.96. The molecule has 1 aliphatic carbocycles. The summed E-state index contributed by atoms with van der Waals surface area (Å²) in [5, 5.41) is 2.87. The van der Waals surface area contributed by atoms with Crippen LogP contribution in [0.4, 0.5) is 11.4 Å². The number of sulfonamides is 1. The molecule has 9 nitrogen and oxygen atoms in total. The van der Waals surface area contributed by atoms with Gasteiger partial charge in [0.2, 0.25) is 21.8 Å². The molecule has 2 aliphatic rings. The van der Waals surface area contributed by atoms with Crippen LogP contribution in [-0.2, 0) is 26.0 Å². The Morgan fingerprint density at radius 1 is 1.08 bits per heavy atom. The number of aromatic nitrogens is 1. The summed E-state index contributed by atoms with van der Waals surface area (Å²) in [4.78, 5) is 32.2. The third kappa shape index (κ3) is 7.57. The predicted molar refractivity (Wildman–Crippen MR) is 153 cm³/mol. The molecule has 2 aromatic rings. The molecular weight excluding hydrogens is 514 g/mol. The minimum Gasteiger partial charge on any atom is -0.397 e. The number of nitrogen functional groups attached to an aromatic ring is 1. The van der Waals surface area contributed by atoms with Gasteiger partial charge in [-0.25, -0.2) is 8.42 Å². The number of carbonyl (C=O) groups excluding carboxylic acids is 2. The van der Waals surface area contributed by atoms with Gasteiger partial charge in [0, 0.05) is 25.2 Å². The van der Waals surface area contributed by atoms with Crippen LogP contribution in [0.2, 0.25) is 0 Å². The van der Waals surface area contributed by atoms with E-state index in [-0.39, 0.29) is 29.0 Å². The molecule has 0 radical (unpaired) electrons. The van der Waals surface area contributed by atoms with E-state index in [1.165, 1.54) is 6.07 Å². The van der Waals surface area contributed by atoms with E-state index in [1.807, 2.05) is 12.1 Å². The standard InChI is InChI=1S/C29H41N5O4S/c1-2-27(35)32-28-24(21-10-4-5-11-21)13-9-15-26(28)39(37,38)33-25(29(36)34-18-6-3-7-19-34)14-8-12-23-17-16-22(30)20-31-23/h9,13,15-17,20-21,25,33H,2-8,10-12,14,18-19,30H2,1H3,(H,32,35)/t25-/m0/s1. The van der Waals surface area contributed by atoms with Crippen molar-refractivity contribution in [2.45, 2.75) is 94.4 Å². The van der Waals surface area contributed by atoms with Gasteiger partial charge in [0.1, 0.15) is 10.9 Å². The number of piperidine rings is 1. The normalized spacial score (nSPS) is 17.2. The van der Waals surface area contributed by atoms with Gasteiger partial charge in [0.05, 0.1) is 17.6 Å². The smallest absolute Gasteiger partial charge is 0.243 e. The lowest BCUT2D eigenvalue weighted by Crippen LogP contribution is -2.50. The second-order valence-corrected chi connectivity index (χ2v) is 12.3. The highest BCUT2D eigenvalue weighted by molar-refractivity contribution is 7.89. The summed E-state index contributed by atoms with van der Waals surface area (Å²) in [5.74, 6) is -0.242. The fourth-order valence-electron chi connectivity index (χ4n) is 5.60. The topological polar surface area (TPSA) is 134 Å². The first-order chi connectivity index (χ1) is 18.8. The fourth-order valence-corrected chi connectivity index (χ4v) is 7.02. The number of likely N-dealkylation sites (tertiary alicyclic amines) is 1. The lowest BCUT2D eigenvalue weighted by atomic mass is 9.96. The van der Waals surface area contributed by atoms with Crippen LogP contribution in [0.25, 0.3) is 0 Å². The van der Waals surface area contributed by atoms with Crippen LogP contribution >= 0.6 is 0 Å². The lowest BCUT2D eigenvalue weighted by molar-refractivity contribution is -0.134. The van der Waals surface area contributed by atoms with Gasteiger partial charge in [0.25, 0.3) is 0 Å². The zero-order valence-electron chi connectivity index (χ0n) is 22.8. The van der Waals surface area contributed by atoms with Crippen molar-refractivity contribution >= 4 is 33.2 Å². The number of hydrogen-bond acceptors (Lipinski definition) is 6. The van der Waals surface area contributed by atoms with Crippen LogP contribution in [0.15, 0.2) is 41.4 Å². The number of rotatable bonds is 11. The summed E-state index contributed by atoms with van der Waals surface area (Å²) in [6.07, 6.45) is 10.3. The molecular formula is C29H41N5O4S. The number of hydrogen-bond donors (Lipinski definition) is 3. The Morgan fingerprint density at radius 2 is 1.82 bits per heavy atom. The van der Waals surface area contributed by atoms with Crippen LogP contribution < -0.4 is 15.8 Å². The van der Waals surface area contributed by atoms with Gasteiger partial charge in [-0.15, -0.1) is 0 Å². The second kappa shape index (κ2) is 13.4. The van der Waals surface area contributed by atoms with Crippen LogP contribution in [0.1, 0.15) is 88.3 Å². The molecule has 1 saturated carbocycles. The van der Waals surface area contributed by atoms with Gasteiger partial charge in [-0.3, -0.25) is 14.6 Å². The molecule has 4 N–H and O–H groups in total. The molecule has 4 rings (SSSR count). The molecule has 10 heteroatoms. The van der Waals surface area contributed by atoms with Gasteiger partial charge in [-0.2, -0.15) is 4.72 Å². The van der Waals surface area contributed by atoms with Crippen LogP contribution in [0.3, 0.4) is 0 Å². The van der Waals surface area contributed by atoms with Crippen molar-refractivity contribution in [2.24, 2.45) is 0 Å². The average Bonchev–Trinajstić information content (AvgIpc) is 3.48. The molecule has 2 amide bonds. The first kappa shape index (κ1) is 29.0.